The average Bonchev–Trinajstić information content (AvgIpc) is 2.76. The Hall–Kier alpha value is -2.30. The van der Waals surface area contributed by atoms with E-state index in [9.17, 15) is 5.11 Å². The minimum Gasteiger partial charge on any atom is -0.508 e. The maximum atomic E-state index is 11.0. The molecular formula is C29H40N2O2. The predicted molar refractivity (Wildman–Crippen MR) is 136 cm³/mol. The van der Waals surface area contributed by atoms with Gasteiger partial charge in [-0.25, -0.2) is 0 Å². The van der Waals surface area contributed by atoms with Crippen LogP contribution >= 0.6 is 0 Å². The van der Waals surface area contributed by atoms with Crippen LogP contribution in [0.5, 0.6) is 11.5 Å². The Morgan fingerprint density at radius 1 is 1.06 bits per heavy atom. The average molecular weight is 449 g/mol. The summed E-state index contributed by atoms with van der Waals surface area (Å²) in [6.07, 6.45) is 5.41. The lowest BCUT2D eigenvalue weighted by Crippen LogP contribution is -2.48. The van der Waals surface area contributed by atoms with Gasteiger partial charge in [0.25, 0.3) is 0 Å². The summed E-state index contributed by atoms with van der Waals surface area (Å²) in [6, 6.07) is 12.9. The Balaban J connectivity index is 1.75. The maximum Gasteiger partial charge on any atom is 0.123 e. The molecule has 2 aliphatic rings. The van der Waals surface area contributed by atoms with Gasteiger partial charge in [0.2, 0.25) is 0 Å². The normalized spacial score (nSPS) is 23.5. The van der Waals surface area contributed by atoms with Gasteiger partial charge in [-0.3, -0.25) is 0 Å². The summed E-state index contributed by atoms with van der Waals surface area (Å²) in [5.74, 6) is 2.16. The fraction of sp³-hybridized carbons (Fsp3) is 0.517. The van der Waals surface area contributed by atoms with Crippen molar-refractivity contribution >= 4 is 0 Å². The lowest BCUT2D eigenvalue weighted by molar-refractivity contribution is -0.000498. The van der Waals surface area contributed by atoms with Crippen molar-refractivity contribution in [1.82, 2.24) is 10.2 Å². The van der Waals surface area contributed by atoms with E-state index in [0.29, 0.717) is 11.7 Å². The zero-order chi connectivity index (χ0) is 23.8. The molecule has 0 radical (unpaired) electrons. The van der Waals surface area contributed by atoms with Crippen molar-refractivity contribution in [3.8, 4) is 11.5 Å². The largest absolute Gasteiger partial charge is 0.508 e. The Labute approximate surface area is 199 Å². The molecule has 4 nitrogen and oxygen atoms in total. The highest BCUT2D eigenvalue weighted by Crippen LogP contribution is 2.56. The summed E-state index contributed by atoms with van der Waals surface area (Å²) in [5.41, 5.74) is 6.04. The highest BCUT2D eigenvalue weighted by Gasteiger charge is 2.49. The van der Waals surface area contributed by atoms with E-state index in [0.717, 1.165) is 43.7 Å². The summed E-state index contributed by atoms with van der Waals surface area (Å²) in [6.45, 7) is 8.64. The second-order valence-electron chi connectivity index (χ2n) is 10.8. The van der Waals surface area contributed by atoms with E-state index in [1.165, 1.54) is 22.3 Å². The first kappa shape index (κ1) is 23.8. The van der Waals surface area contributed by atoms with Crippen LogP contribution in [0.3, 0.4) is 0 Å². The van der Waals surface area contributed by atoms with Crippen LogP contribution in [0, 0.1) is 5.92 Å². The lowest BCUT2D eigenvalue weighted by Gasteiger charge is -2.50. The highest BCUT2D eigenvalue weighted by atomic mass is 16.5. The van der Waals surface area contributed by atoms with Crippen LogP contribution < -0.4 is 10.1 Å². The minimum atomic E-state index is -0.335. The van der Waals surface area contributed by atoms with Gasteiger partial charge in [0.15, 0.2) is 0 Å². The van der Waals surface area contributed by atoms with Crippen molar-refractivity contribution < 1.29 is 9.84 Å². The molecule has 0 bridgehead atoms. The molecule has 1 heterocycles. The molecule has 2 aromatic rings. The molecule has 0 saturated heterocycles. The number of hydrogen-bond donors (Lipinski definition) is 2. The third kappa shape index (κ3) is 4.97. The van der Waals surface area contributed by atoms with E-state index in [2.05, 4.69) is 81.5 Å². The number of ether oxygens (including phenoxy) is 1. The van der Waals surface area contributed by atoms with Crippen LogP contribution in [0.25, 0.3) is 0 Å². The lowest BCUT2D eigenvalue weighted by atomic mass is 9.61. The zero-order valence-electron chi connectivity index (χ0n) is 21.1. The van der Waals surface area contributed by atoms with Gasteiger partial charge in [0.1, 0.15) is 17.1 Å². The number of aromatic hydroxyl groups is 1. The first-order valence-corrected chi connectivity index (χ1v) is 12.3. The molecule has 2 aromatic carbocycles. The van der Waals surface area contributed by atoms with Crippen LogP contribution in [-0.4, -0.2) is 49.8 Å². The topological polar surface area (TPSA) is 44.7 Å². The standard InChI is InChI=1S/C29H40N2O2/c1-19-15-24(22-17-21(7-9-26(22)32)12-14-31(5)6)28-25(16-19)23-18-20(11-13-30-4)8-10-27(23)33-29(28,2)3/h7-10,15,17-18,24-25,28,30,32H,11-14,16H2,1-6H3/t24-,25+,28+/m1/s1. The molecule has 0 amide bonds. The summed E-state index contributed by atoms with van der Waals surface area (Å²) in [7, 11) is 6.20. The summed E-state index contributed by atoms with van der Waals surface area (Å²) in [5, 5.41) is 14.2. The Morgan fingerprint density at radius 2 is 1.76 bits per heavy atom. The first-order valence-electron chi connectivity index (χ1n) is 12.3. The monoisotopic (exact) mass is 448 g/mol. The molecule has 0 aromatic heterocycles. The molecular weight excluding hydrogens is 408 g/mol. The van der Waals surface area contributed by atoms with E-state index in [-0.39, 0.29) is 17.4 Å². The Bertz CT molecular complexity index is 1020. The number of nitrogens with one attached hydrogen (secondary N) is 1. The predicted octanol–water partition coefficient (Wildman–Crippen LogP) is 5.26. The molecule has 0 spiro atoms. The van der Waals surface area contributed by atoms with Crippen molar-refractivity contribution in [1.29, 1.82) is 0 Å². The summed E-state index contributed by atoms with van der Waals surface area (Å²) < 4.78 is 6.65. The number of fused-ring (bicyclic) bond motifs is 3. The van der Waals surface area contributed by atoms with Crippen LogP contribution in [0.15, 0.2) is 48.0 Å². The second kappa shape index (κ2) is 9.52. The third-order valence-corrected chi connectivity index (χ3v) is 7.44. The van der Waals surface area contributed by atoms with Crippen molar-refractivity contribution in [3.05, 3.63) is 70.3 Å². The fourth-order valence-corrected chi connectivity index (χ4v) is 5.84. The smallest absolute Gasteiger partial charge is 0.123 e. The number of likely N-dealkylation sites (N-methyl/N-ethyl adjacent to an activating group) is 2. The quantitative estimate of drug-likeness (QED) is 0.567. The molecule has 1 aliphatic heterocycles. The number of rotatable bonds is 7. The van der Waals surface area contributed by atoms with Gasteiger partial charge in [0, 0.05) is 23.9 Å². The molecule has 0 fully saturated rings. The maximum absolute atomic E-state index is 11.0. The Morgan fingerprint density at radius 3 is 2.48 bits per heavy atom. The second-order valence-corrected chi connectivity index (χ2v) is 10.8. The molecule has 4 rings (SSSR count). The van der Waals surface area contributed by atoms with Crippen LogP contribution in [0.2, 0.25) is 0 Å². The van der Waals surface area contributed by atoms with Gasteiger partial charge in [-0.2, -0.15) is 0 Å². The van der Waals surface area contributed by atoms with Crippen LogP contribution in [-0.2, 0) is 12.8 Å². The van der Waals surface area contributed by atoms with Crippen LogP contribution in [0.1, 0.15) is 61.3 Å². The van der Waals surface area contributed by atoms with Gasteiger partial charge in [-0.15, -0.1) is 0 Å². The fourth-order valence-electron chi connectivity index (χ4n) is 5.84. The minimum absolute atomic E-state index is 0.118. The highest BCUT2D eigenvalue weighted by molar-refractivity contribution is 5.49. The molecule has 33 heavy (non-hydrogen) atoms. The van der Waals surface area contributed by atoms with Gasteiger partial charge in [0.05, 0.1) is 0 Å². The Kier molecular flexibility index (Phi) is 6.88. The molecule has 0 saturated carbocycles. The number of phenolic OH excluding ortho intramolecular Hbond substituents is 1. The first-order chi connectivity index (χ1) is 15.7. The summed E-state index contributed by atoms with van der Waals surface area (Å²) >= 11 is 0. The molecule has 4 heteroatoms. The van der Waals surface area contributed by atoms with Gasteiger partial charge in [-0.05, 0) is 102 Å². The number of allylic oxidation sites excluding steroid dienone is 2. The third-order valence-electron chi connectivity index (χ3n) is 7.44. The number of hydrogen-bond acceptors (Lipinski definition) is 4. The van der Waals surface area contributed by atoms with Crippen molar-refractivity contribution in [2.75, 3.05) is 34.2 Å². The van der Waals surface area contributed by atoms with Crippen molar-refractivity contribution in [3.63, 3.8) is 0 Å². The van der Waals surface area contributed by atoms with E-state index < -0.39 is 0 Å². The van der Waals surface area contributed by atoms with E-state index in [1.807, 2.05) is 13.1 Å². The van der Waals surface area contributed by atoms with Gasteiger partial charge >= 0.3 is 0 Å². The number of benzene rings is 2. The van der Waals surface area contributed by atoms with Gasteiger partial charge < -0.3 is 20.1 Å². The molecule has 3 atom stereocenters. The van der Waals surface area contributed by atoms with Crippen LogP contribution in [0.4, 0.5) is 0 Å². The van der Waals surface area contributed by atoms with E-state index in [4.69, 9.17) is 4.74 Å². The number of phenols is 1. The van der Waals surface area contributed by atoms with E-state index in [1.54, 1.807) is 0 Å². The SMILES string of the molecule is CNCCc1ccc2c(c1)[C@@H]1CC(C)=C[C@H](c3cc(CCN(C)C)ccc3O)[C@@H]1C(C)(C)O2. The molecule has 0 unspecified atom stereocenters. The summed E-state index contributed by atoms with van der Waals surface area (Å²) in [4.78, 5) is 2.20. The molecule has 1 aliphatic carbocycles. The van der Waals surface area contributed by atoms with Crippen molar-refractivity contribution in [2.24, 2.45) is 5.92 Å². The van der Waals surface area contributed by atoms with Crippen molar-refractivity contribution in [2.45, 2.75) is 57.5 Å². The van der Waals surface area contributed by atoms with Gasteiger partial charge in [-0.1, -0.05) is 35.9 Å². The zero-order valence-corrected chi connectivity index (χ0v) is 21.1. The molecule has 178 valence electrons. The van der Waals surface area contributed by atoms with E-state index >= 15 is 0 Å². The molecule has 2 N–H and O–H groups in total. The number of nitrogens with zero attached hydrogens (tertiary/aromatic N) is 1.